The van der Waals surface area contributed by atoms with Gasteiger partial charge in [0.15, 0.2) is 0 Å². The molecule has 3 rings (SSSR count). The summed E-state index contributed by atoms with van der Waals surface area (Å²) in [5.74, 6) is 5.67. The molecule has 24 heavy (non-hydrogen) atoms. The Morgan fingerprint density at radius 3 is 2.67 bits per heavy atom. The second kappa shape index (κ2) is 7.76. The van der Waals surface area contributed by atoms with E-state index < -0.39 is 0 Å². The lowest BCUT2D eigenvalue weighted by Gasteiger charge is -2.09. The Labute approximate surface area is 140 Å². The van der Waals surface area contributed by atoms with Crippen LogP contribution in [0.5, 0.6) is 0 Å². The first kappa shape index (κ1) is 16.2. The molecule has 1 N–H and O–H groups in total. The summed E-state index contributed by atoms with van der Waals surface area (Å²) in [6, 6.07) is 13.4. The molecule has 0 radical (unpaired) electrons. The van der Waals surface area contributed by atoms with Gasteiger partial charge in [-0.05, 0) is 42.8 Å². The van der Waals surface area contributed by atoms with Gasteiger partial charge in [-0.1, -0.05) is 24.0 Å². The minimum Gasteiger partial charge on any atom is -0.381 e. The van der Waals surface area contributed by atoms with Crippen LogP contribution >= 0.6 is 0 Å². The highest BCUT2D eigenvalue weighted by atomic mass is 19.1. The van der Waals surface area contributed by atoms with Crippen molar-refractivity contribution < 1.29 is 13.9 Å². The molecule has 122 valence electrons. The van der Waals surface area contributed by atoms with E-state index in [-0.39, 0.29) is 11.7 Å². The molecule has 1 aliphatic rings. The highest BCUT2D eigenvalue weighted by Gasteiger charge is 2.16. The minimum atomic E-state index is -0.336. The Hall–Kier alpha value is -2.64. The molecule has 0 aromatic heterocycles. The lowest BCUT2D eigenvalue weighted by Crippen LogP contribution is -2.29. The molecule has 1 amide bonds. The van der Waals surface area contributed by atoms with Gasteiger partial charge in [0.25, 0.3) is 5.91 Å². The number of ether oxygens (including phenoxy) is 1. The van der Waals surface area contributed by atoms with E-state index in [1.165, 1.54) is 6.07 Å². The second-order valence-corrected chi connectivity index (χ2v) is 5.75. The van der Waals surface area contributed by atoms with Crippen LogP contribution in [0.1, 0.15) is 27.9 Å². The maximum Gasteiger partial charge on any atom is 0.251 e. The van der Waals surface area contributed by atoms with E-state index >= 15 is 0 Å². The minimum absolute atomic E-state index is 0.101. The largest absolute Gasteiger partial charge is 0.381 e. The molecule has 4 heteroatoms. The lowest BCUT2D eigenvalue weighted by atomic mass is 10.1. The van der Waals surface area contributed by atoms with E-state index in [9.17, 15) is 9.18 Å². The molecule has 3 nitrogen and oxygen atoms in total. The smallest absolute Gasteiger partial charge is 0.251 e. The topological polar surface area (TPSA) is 38.3 Å². The van der Waals surface area contributed by atoms with Crippen LogP contribution in [-0.4, -0.2) is 25.7 Å². The molecule has 1 aliphatic heterocycles. The van der Waals surface area contributed by atoms with Crippen LogP contribution in [0.15, 0.2) is 48.5 Å². The van der Waals surface area contributed by atoms with Gasteiger partial charge < -0.3 is 10.1 Å². The van der Waals surface area contributed by atoms with Gasteiger partial charge in [0.2, 0.25) is 0 Å². The average Bonchev–Trinajstić information content (AvgIpc) is 3.13. The van der Waals surface area contributed by atoms with E-state index in [0.29, 0.717) is 30.2 Å². The van der Waals surface area contributed by atoms with Gasteiger partial charge in [-0.3, -0.25) is 4.79 Å². The van der Waals surface area contributed by atoms with Crippen LogP contribution in [0.4, 0.5) is 4.39 Å². The SMILES string of the molecule is O=C(NC[C@@H]1CCOC1)c1ccc(C#Cc2ccccc2F)cc1. The Kier molecular flexibility index (Phi) is 5.25. The molecule has 0 bridgehead atoms. The molecule has 1 fully saturated rings. The summed E-state index contributed by atoms with van der Waals surface area (Å²) in [4.78, 5) is 12.1. The summed E-state index contributed by atoms with van der Waals surface area (Å²) in [5, 5.41) is 2.92. The number of rotatable bonds is 3. The van der Waals surface area contributed by atoms with Crippen LogP contribution in [-0.2, 0) is 4.74 Å². The Morgan fingerprint density at radius 2 is 1.96 bits per heavy atom. The molecule has 0 saturated carbocycles. The summed E-state index contributed by atoms with van der Waals surface area (Å²) < 4.78 is 18.8. The van der Waals surface area contributed by atoms with E-state index in [4.69, 9.17) is 4.74 Å². The lowest BCUT2D eigenvalue weighted by molar-refractivity contribution is 0.0945. The normalized spacial score (nSPS) is 16.3. The van der Waals surface area contributed by atoms with E-state index in [0.717, 1.165) is 18.6 Å². The summed E-state index contributed by atoms with van der Waals surface area (Å²) in [6.07, 6.45) is 0.991. The van der Waals surface area contributed by atoms with E-state index in [2.05, 4.69) is 17.2 Å². The number of nitrogens with one attached hydrogen (secondary N) is 1. The molecule has 0 spiro atoms. The summed E-state index contributed by atoms with van der Waals surface area (Å²) in [7, 11) is 0. The highest BCUT2D eigenvalue weighted by Crippen LogP contribution is 2.11. The first-order valence-electron chi connectivity index (χ1n) is 7.95. The average molecular weight is 323 g/mol. The number of benzene rings is 2. The van der Waals surface area contributed by atoms with Crippen LogP contribution < -0.4 is 5.32 Å². The van der Waals surface area contributed by atoms with Crippen LogP contribution in [0.3, 0.4) is 0 Å². The summed E-state index contributed by atoms with van der Waals surface area (Å²) >= 11 is 0. The number of hydrogen-bond donors (Lipinski definition) is 1. The van der Waals surface area contributed by atoms with Gasteiger partial charge in [-0.2, -0.15) is 0 Å². The quantitative estimate of drug-likeness (QED) is 0.882. The van der Waals surface area contributed by atoms with E-state index in [1.54, 1.807) is 42.5 Å². The van der Waals surface area contributed by atoms with Crippen LogP contribution in [0, 0.1) is 23.6 Å². The first-order chi connectivity index (χ1) is 11.7. The van der Waals surface area contributed by atoms with Gasteiger partial charge in [0.1, 0.15) is 5.82 Å². The van der Waals surface area contributed by atoms with Gasteiger partial charge in [-0.25, -0.2) is 4.39 Å². The molecule has 0 aliphatic carbocycles. The van der Waals surface area contributed by atoms with Crippen molar-refractivity contribution in [1.29, 1.82) is 0 Å². The van der Waals surface area contributed by atoms with Crippen molar-refractivity contribution >= 4 is 5.91 Å². The van der Waals surface area contributed by atoms with Crippen molar-refractivity contribution in [3.05, 3.63) is 71.0 Å². The predicted molar refractivity (Wildman–Crippen MR) is 90.1 cm³/mol. The molecular weight excluding hydrogens is 305 g/mol. The van der Waals surface area contributed by atoms with Crippen LogP contribution in [0.25, 0.3) is 0 Å². The second-order valence-electron chi connectivity index (χ2n) is 5.75. The Balaban J connectivity index is 1.61. The monoisotopic (exact) mass is 323 g/mol. The number of halogens is 1. The molecule has 2 aromatic rings. The number of hydrogen-bond acceptors (Lipinski definition) is 2. The van der Waals surface area contributed by atoms with E-state index in [1.807, 2.05) is 0 Å². The van der Waals surface area contributed by atoms with Gasteiger partial charge in [0, 0.05) is 30.2 Å². The van der Waals surface area contributed by atoms with Gasteiger partial charge >= 0.3 is 0 Å². The zero-order valence-corrected chi connectivity index (χ0v) is 13.2. The van der Waals surface area contributed by atoms with Crippen molar-refractivity contribution in [3.63, 3.8) is 0 Å². The molecule has 1 heterocycles. The Morgan fingerprint density at radius 1 is 1.17 bits per heavy atom. The maximum absolute atomic E-state index is 13.5. The fourth-order valence-corrected chi connectivity index (χ4v) is 2.49. The standard InChI is InChI=1S/C20H18FNO2/c21-19-4-2-1-3-17(19)8-5-15-6-9-18(10-7-15)20(23)22-13-16-11-12-24-14-16/h1-4,6-7,9-10,16H,11-14H2,(H,22,23)/t16-/m0/s1. The first-order valence-corrected chi connectivity index (χ1v) is 7.95. The molecule has 1 saturated heterocycles. The molecule has 0 unspecified atom stereocenters. The maximum atomic E-state index is 13.5. The fourth-order valence-electron chi connectivity index (χ4n) is 2.49. The van der Waals surface area contributed by atoms with Crippen molar-refractivity contribution in [2.45, 2.75) is 6.42 Å². The zero-order chi connectivity index (χ0) is 16.8. The summed E-state index contributed by atoms with van der Waals surface area (Å²) in [6.45, 7) is 2.12. The van der Waals surface area contributed by atoms with Gasteiger partial charge in [0.05, 0.1) is 12.2 Å². The van der Waals surface area contributed by atoms with Crippen molar-refractivity contribution in [2.75, 3.05) is 19.8 Å². The third-order valence-electron chi connectivity index (χ3n) is 3.94. The third-order valence-corrected chi connectivity index (χ3v) is 3.94. The number of amides is 1. The van der Waals surface area contributed by atoms with Crippen molar-refractivity contribution in [3.8, 4) is 11.8 Å². The zero-order valence-electron chi connectivity index (χ0n) is 13.2. The van der Waals surface area contributed by atoms with Crippen LogP contribution in [0.2, 0.25) is 0 Å². The van der Waals surface area contributed by atoms with Gasteiger partial charge in [-0.15, -0.1) is 0 Å². The highest BCUT2D eigenvalue weighted by molar-refractivity contribution is 5.94. The molecular formula is C20H18FNO2. The van der Waals surface area contributed by atoms with Crippen molar-refractivity contribution in [1.82, 2.24) is 5.32 Å². The third kappa shape index (κ3) is 4.21. The number of carbonyl (C=O) groups is 1. The summed E-state index contributed by atoms with van der Waals surface area (Å²) in [5.41, 5.74) is 1.68. The fraction of sp³-hybridized carbons (Fsp3) is 0.250. The molecule has 1 atom stereocenters. The Bertz CT molecular complexity index is 768. The van der Waals surface area contributed by atoms with Crippen molar-refractivity contribution in [2.24, 2.45) is 5.92 Å². The molecule has 2 aromatic carbocycles. The predicted octanol–water partition coefficient (Wildman–Crippen LogP) is 2.99. The number of carbonyl (C=O) groups excluding carboxylic acids is 1.